The first kappa shape index (κ1) is 11.3. The van der Waals surface area contributed by atoms with Crippen molar-refractivity contribution in [2.45, 2.75) is 19.9 Å². The zero-order chi connectivity index (χ0) is 12.4. The van der Waals surface area contributed by atoms with Gasteiger partial charge in [0.1, 0.15) is 6.26 Å². The van der Waals surface area contributed by atoms with Crippen molar-refractivity contribution in [2.75, 3.05) is 18.0 Å². The number of hydrogen-bond donors (Lipinski definition) is 1. The third-order valence-corrected chi connectivity index (χ3v) is 3.21. The second-order valence-corrected chi connectivity index (χ2v) is 4.43. The fourth-order valence-electron chi connectivity index (χ4n) is 2.29. The summed E-state index contributed by atoms with van der Waals surface area (Å²) in [5.74, 6) is 0. The molecule has 0 atom stereocenters. The van der Waals surface area contributed by atoms with Crippen molar-refractivity contribution < 1.29 is 4.42 Å². The lowest BCUT2D eigenvalue weighted by Gasteiger charge is -2.13. The van der Waals surface area contributed by atoms with Crippen LogP contribution in [0.2, 0.25) is 0 Å². The molecule has 0 saturated carbocycles. The molecule has 1 aromatic heterocycles. The van der Waals surface area contributed by atoms with Gasteiger partial charge in [0.2, 0.25) is 0 Å². The van der Waals surface area contributed by atoms with Crippen LogP contribution in [0.4, 0.5) is 11.7 Å². The van der Waals surface area contributed by atoms with E-state index < -0.39 is 0 Å². The number of rotatable bonds is 4. The summed E-state index contributed by atoms with van der Waals surface area (Å²) in [5, 5.41) is 3.25. The normalized spacial score (nSPS) is 13.9. The molecule has 0 unspecified atom stereocenters. The number of para-hydroxylation sites is 1. The molecular formula is C14H17N3O. The molecule has 1 aromatic carbocycles. The first-order valence-corrected chi connectivity index (χ1v) is 6.39. The molecule has 0 fully saturated rings. The van der Waals surface area contributed by atoms with Crippen molar-refractivity contribution in [3.63, 3.8) is 0 Å². The van der Waals surface area contributed by atoms with Crippen molar-refractivity contribution in [3.8, 4) is 0 Å². The number of anilines is 2. The van der Waals surface area contributed by atoms with Crippen LogP contribution in [0.3, 0.4) is 0 Å². The topological polar surface area (TPSA) is 41.3 Å². The summed E-state index contributed by atoms with van der Waals surface area (Å²) >= 11 is 0. The summed E-state index contributed by atoms with van der Waals surface area (Å²) in [6.45, 7) is 4.72. The maximum absolute atomic E-state index is 5.58. The first-order valence-electron chi connectivity index (χ1n) is 6.39. The van der Waals surface area contributed by atoms with Gasteiger partial charge in [-0.25, -0.2) is 0 Å². The van der Waals surface area contributed by atoms with E-state index in [0.29, 0.717) is 6.01 Å². The van der Waals surface area contributed by atoms with Crippen molar-refractivity contribution in [1.29, 1.82) is 0 Å². The molecule has 0 radical (unpaired) electrons. The summed E-state index contributed by atoms with van der Waals surface area (Å²) in [6.07, 6.45) is 2.79. The van der Waals surface area contributed by atoms with Crippen molar-refractivity contribution in [1.82, 2.24) is 10.3 Å². The number of nitrogens with one attached hydrogen (secondary N) is 1. The molecule has 0 bridgehead atoms. The molecule has 1 N–H and O–H groups in total. The number of nitrogens with zero attached hydrogens (tertiary/aromatic N) is 2. The number of fused-ring (bicyclic) bond motifs is 1. The van der Waals surface area contributed by atoms with E-state index in [4.69, 9.17) is 4.42 Å². The van der Waals surface area contributed by atoms with Gasteiger partial charge in [-0.05, 0) is 24.6 Å². The molecule has 4 nitrogen and oxygen atoms in total. The van der Waals surface area contributed by atoms with Crippen LogP contribution in [0.1, 0.15) is 18.2 Å². The van der Waals surface area contributed by atoms with Gasteiger partial charge >= 0.3 is 6.01 Å². The maximum Gasteiger partial charge on any atom is 0.302 e. The number of oxazole rings is 1. The maximum atomic E-state index is 5.58. The van der Waals surface area contributed by atoms with Crippen LogP contribution in [-0.4, -0.2) is 18.1 Å². The highest BCUT2D eigenvalue weighted by Crippen LogP contribution is 2.33. The Morgan fingerprint density at radius 2 is 2.28 bits per heavy atom. The Hall–Kier alpha value is -1.81. The van der Waals surface area contributed by atoms with E-state index >= 15 is 0 Å². The van der Waals surface area contributed by atoms with Gasteiger partial charge in [-0.2, -0.15) is 4.98 Å². The molecule has 1 aliphatic heterocycles. The minimum atomic E-state index is 0.702. The lowest BCUT2D eigenvalue weighted by molar-refractivity contribution is 0.553. The molecule has 0 saturated heterocycles. The number of hydrogen-bond acceptors (Lipinski definition) is 4. The summed E-state index contributed by atoms with van der Waals surface area (Å²) < 4.78 is 5.58. The van der Waals surface area contributed by atoms with Gasteiger partial charge in [-0.15, -0.1) is 0 Å². The molecule has 3 rings (SSSR count). The van der Waals surface area contributed by atoms with Crippen LogP contribution in [0, 0.1) is 0 Å². The zero-order valence-corrected chi connectivity index (χ0v) is 10.5. The van der Waals surface area contributed by atoms with Gasteiger partial charge in [-0.3, -0.25) is 4.90 Å². The van der Waals surface area contributed by atoms with Crippen LogP contribution in [0.15, 0.2) is 34.9 Å². The van der Waals surface area contributed by atoms with E-state index in [-0.39, 0.29) is 0 Å². The minimum absolute atomic E-state index is 0.702. The van der Waals surface area contributed by atoms with Gasteiger partial charge in [0.15, 0.2) is 0 Å². The summed E-state index contributed by atoms with van der Waals surface area (Å²) in [6, 6.07) is 9.12. The number of benzene rings is 1. The molecule has 18 heavy (non-hydrogen) atoms. The zero-order valence-electron chi connectivity index (χ0n) is 10.5. The van der Waals surface area contributed by atoms with E-state index in [2.05, 4.69) is 46.4 Å². The molecular weight excluding hydrogens is 226 g/mol. The average Bonchev–Trinajstić information content (AvgIpc) is 3.02. The molecule has 94 valence electrons. The standard InChI is InChI=1S/C14H17N3O/c1-2-15-9-12-10-18-14(16-12)17-8-7-11-5-3-4-6-13(11)17/h3-6,10,15H,2,7-9H2,1H3. The minimum Gasteiger partial charge on any atom is -0.431 e. The van der Waals surface area contributed by atoms with Gasteiger partial charge in [-0.1, -0.05) is 25.1 Å². The molecule has 0 spiro atoms. The van der Waals surface area contributed by atoms with Gasteiger partial charge in [0.25, 0.3) is 0 Å². The van der Waals surface area contributed by atoms with Crippen molar-refractivity contribution in [3.05, 3.63) is 41.8 Å². The lowest BCUT2D eigenvalue weighted by atomic mass is 10.2. The first-order chi connectivity index (χ1) is 8.88. The van der Waals surface area contributed by atoms with E-state index in [0.717, 1.165) is 31.7 Å². The molecule has 4 heteroatoms. The van der Waals surface area contributed by atoms with Crippen LogP contribution < -0.4 is 10.2 Å². The van der Waals surface area contributed by atoms with E-state index in [1.807, 2.05) is 0 Å². The van der Waals surface area contributed by atoms with Crippen LogP contribution in [-0.2, 0) is 13.0 Å². The van der Waals surface area contributed by atoms with Crippen LogP contribution >= 0.6 is 0 Å². The highest BCUT2D eigenvalue weighted by atomic mass is 16.4. The van der Waals surface area contributed by atoms with E-state index in [9.17, 15) is 0 Å². The molecule has 2 heterocycles. The highest BCUT2D eigenvalue weighted by molar-refractivity contribution is 5.64. The summed E-state index contributed by atoms with van der Waals surface area (Å²) in [4.78, 5) is 6.67. The van der Waals surface area contributed by atoms with Crippen LogP contribution in [0.5, 0.6) is 0 Å². The lowest BCUT2D eigenvalue weighted by Crippen LogP contribution is -2.15. The van der Waals surface area contributed by atoms with E-state index in [1.165, 1.54) is 11.3 Å². The molecule has 0 aliphatic carbocycles. The Balaban J connectivity index is 1.82. The van der Waals surface area contributed by atoms with Crippen LogP contribution in [0.25, 0.3) is 0 Å². The van der Waals surface area contributed by atoms with Gasteiger partial charge in [0, 0.05) is 18.8 Å². The Bertz CT molecular complexity index is 535. The Morgan fingerprint density at radius 1 is 1.39 bits per heavy atom. The third kappa shape index (κ3) is 1.99. The average molecular weight is 243 g/mol. The predicted molar refractivity (Wildman–Crippen MR) is 71.0 cm³/mol. The Labute approximate surface area is 107 Å². The SMILES string of the molecule is CCNCc1coc(N2CCc3ccccc32)n1. The summed E-state index contributed by atoms with van der Waals surface area (Å²) in [5.41, 5.74) is 3.54. The largest absolute Gasteiger partial charge is 0.431 e. The quantitative estimate of drug-likeness (QED) is 0.895. The highest BCUT2D eigenvalue weighted by Gasteiger charge is 2.23. The fourth-order valence-corrected chi connectivity index (χ4v) is 2.29. The van der Waals surface area contributed by atoms with E-state index in [1.54, 1.807) is 6.26 Å². The Morgan fingerprint density at radius 3 is 3.17 bits per heavy atom. The number of aromatic nitrogens is 1. The summed E-state index contributed by atoms with van der Waals surface area (Å²) in [7, 11) is 0. The third-order valence-electron chi connectivity index (χ3n) is 3.21. The second-order valence-electron chi connectivity index (χ2n) is 4.43. The molecule has 2 aromatic rings. The predicted octanol–water partition coefficient (Wildman–Crippen LogP) is 2.48. The molecule has 1 aliphatic rings. The van der Waals surface area contributed by atoms with Crippen molar-refractivity contribution in [2.24, 2.45) is 0 Å². The van der Waals surface area contributed by atoms with Crippen molar-refractivity contribution >= 4 is 11.7 Å². The van der Waals surface area contributed by atoms with Gasteiger partial charge in [0.05, 0.1) is 5.69 Å². The molecule has 0 amide bonds. The second kappa shape index (κ2) is 4.82. The monoisotopic (exact) mass is 243 g/mol. The smallest absolute Gasteiger partial charge is 0.302 e. The van der Waals surface area contributed by atoms with Gasteiger partial charge < -0.3 is 9.73 Å². The Kier molecular flexibility index (Phi) is 3.02. The fraction of sp³-hybridized carbons (Fsp3) is 0.357.